The second-order valence-electron chi connectivity index (χ2n) is 10.3. The van der Waals surface area contributed by atoms with Crippen molar-refractivity contribution in [2.24, 2.45) is 5.73 Å². The van der Waals surface area contributed by atoms with Crippen molar-refractivity contribution < 1.29 is 0 Å². The van der Waals surface area contributed by atoms with E-state index in [-0.39, 0.29) is 0 Å². The van der Waals surface area contributed by atoms with Gasteiger partial charge in [-0.1, -0.05) is 122 Å². The lowest BCUT2D eigenvalue weighted by atomic mass is 9.83. The fourth-order valence-corrected chi connectivity index (χ4v) is 5.94. The lowest BCUT2D eigenvalue weighted by Crippen LogP contribution is -1.96. The Bertz CT molecular complexity index is 2120. The van der Waals surface area contributed by atoms with E-state index in [0.717, 1.165) is 49.7 Å². The summed E-state index contributed by atoms with van der Waals surface area (Å²) < 4.78 is 0. The standard InChI is InChI=1S/C40H30N2/c1-3-35-36(4-2)40(33-21-19-29-23-31(18-17-30(29)25-33)34(26-42)13-9-10-22-41)38-15-8-7-14-37(38)39(35)32-20-16-27-11-5-6-12-28(27)24-32/h3-9,11-21,23-26H,1-2,10,42H2/b13-9-,34-26+. The molecule has 0 heterocycles. The Morgan fingerprint density at radius 2 is 1.19 bits per heavy atom. The third-order valence-electron chi connectivity index (χ3n) is 7.89. The molecule has 2 heteroatoms. The molecule has 6 aromatic rings. The fourth-order valence-electron chi connectivity index (χ4n) is 5.94. The van der Waals surface area contributed by atoms with Gasteiger partial charge in [0.05, 0.1) is 12.5 Å². The van der Waals surface area contributed by atoms with Crippen molar-refractivity contribution in [3.8, 4) is 28.3 Å². The number of nitrogens with zero attached hydrogens (tertiary/aromatic N) is 1. The Labute approximate surface area is 246 Å². The summed E-state index contributed by atoms with van der Waals surface area (Å²) in [5.41, 5.74) is 14.5. The Hall–Kier alpha value is -5.65. The Morgan fingerprint density at radius 1 is 0.667 bits per heavy atom. The molecule has 2 nitrogen and oxygen atoms in total. The highest BCUT2D eigenvalue weighted by molar-refractivity contribution is 6.13. The zero-order valence-electron chi connectivity index (χ0n) is 23.3. The summed E-state index contributed by atoms with van der Waals surface area (Å²) in [6.07, 6.45) is 9.58. The first kappa shape index (κ1) is 26.6. The van der Waals surface area contributed by atoms with Crippen LogP contribution in [0.4, 0.5) is 0 Å². The van der Waals surface area contributed by atoms with Gasteiger partial charge in [-0.3, -0.25) is 0 Å². The maximum atomic E-state index is 8.87. The molecule has 42 heavy (non-hydrogen) atoms. The van der Waals surface area contributed by atoms with E-state index in [9.17, 15) is 0 Å². The van der Waals surface area contributed by atoms with Crippen LogP contribution in [0, 0.1) is 11.3 Å². The van der Waals surface area contributed by atoms with Crippen molar-refractivity contribution >= 4 is 50.0 Å². The molecule has 0 bridgehead atoms. The zero-order chi connectivity index (χ0) is 29.1. The van der Waals surface area contributed by atoms with E-state index in [1.54, 1.807) is 6.20 Å². The topological polar surface area (TPSA) is 49.8 Å². The molecule has 0 radical (unpaired) electrons. The number of rotatable bonds is 7. The lowest BCUT2D eigenvalue weighted by molar-refractivity contribution is 1.35. The largest absolute Gasteiger partial charge is 0.404 e. The molecule has 0 aliphatic carbocycles. The molecule has 0 fully saturated rings. The van der Waals surface area contributed by atoms with Crippen molar-refractivity contribution in [2.75, 3.05) is 0 Å². The van der Waals surface area contributed by atoms with E-state index in [2.05, 4.69) is 122 Å². The van der Waals surface area contributed by atoms with Gasteiger partial charge in [0.2, 0.25) is 0 Å². The molecule has 6 aromatic carbocycles. The van der Waals surface area contributed by atoms with Crippen LogP contribution in [-0.4, -0.2) is 0 Å². The molecule has 0 saturated carbocycles. The van der Waals surface area contributed by atoms with Crippen LogP contribution in [0.1, 0.15) is 23.1 Å². The van der Waals surface area contributed by atoms with Crippen LogP contribution in [-0.2, 0) is 0 Å². The average Bonchev–Trinajstić information content (AvgIpc) is 3.04. The third-order valence-corrected chi connectivity index (χ3v) is 7.89. The summed E-state index contributed by atoms with van der Waals surface area (Å²) in [5.74, 6) is 0. The number of hydrogen-bond donors (Lipinski definition) is 1. The molecular formula is C40H30N2. The predicted octanol–water partition coefficient (Wildman–Crippen LogP) is 10.5. The molecule has 200 valence electrons. The summed E-state index contributed by atoms with van der Waals surface area (Å²) in [5, 5.41) is 15.9. The third kappa shape index (κ3) is 4.68. The van der Waals surface area contributed by atoms with Crippen LogP contribution in [0.2, 0.25) is 0 Å². The van der Waals surface area contributed by atoms with Crippen molar-refractivity contribution in [1.82, 2.24) is 0 Å². The summed E-state index contributed by atoms with van der Waals surface area (Å²) in [7, 11) is 0. The maximum absolute atomic E-state index is 8.87. The van der Waals surface area contributed by atoms with Crippen molar-refractivity contribution in [3.05, 3.63) is 151 Å². The number of benzene rings is 6. The van der Waals surface area contributed by atoms with Crippen LogP contribution >= 0.6 is 0 Å². The highest BCUT2D eigenvalue weighted by Crippen LogP contribution is 2.44. The zero-order valence-corrected chi connectivity index (χ0v) is 23.3. The summed E-state index contributed by atoms with van der Waals surface area (Å²) in [6.45, 7) is 8.51. The highest BCUT2D eigenvalue weighted by atomic mass is 14.5. The molecule has 0 saturated heterocycles. The Morgan fingerprint density at radius 3 is 1.79 bits per heavy atom. The van der Waals surface area contributed by atoms with Gasteiger partial charge >= 0.3 is 0 Å². The minimum absolute atomic E-state index is 0.347. The van der Waals surface area contributed by atoms with E-state index in [4.69, 9.17) is 11.0 Å². The number of fused-ring (bicyclic) bond motifs is 3. The summed E-state index contributed by atoms with van der Waals surface area (Å²) in [6, 6.07) is 38.8. The van der Waals surface area contributed by atoms with E-state index < -0.39 is 0 Å². The SMILES string of the molecule is C=Cc1c(C=C)c(-c2ccc3cc(C(/C=C\CC#N)=C/N)ccc3c2)c2ccccc2c1-c1ccc2ccccc2c1. The fraction of sp³-hybridized carbons (Fsp3) is 0.0250. The van der Waals surface area contributed by atoms with Gasteiger partial charge in [-0.25, -0.2) is 0 Å². The van der Waals surface area contributed by atoms with Gasteiger partial charge in [0.15, 0.2) is 0 Å². The van der Waals surface area contributed by atoms with Gasteiger partial charge in [-0.2, -0.15) is 5.26 Å². The van der Waals surface area contributed by atoms with Crippen molar-refractivity contribution in [1.29, 1.82) is 5.26 Å². The quantitative estimate of drug-likeness (QED) is 0.206. The molecule has 0 spiro atoms. The second kappa shape index (κ2) is 11.5. The van der Waals surface area contributed by atoms with Crippen molar-refractivity contribution in [3.63, 3.8) is 0 Å². The van der Waals surface area contributed by atoms with Gasteiger partial charge in [0, 0.05) is 6.20 Å². The lowest BCUT2D eigenvalue weighted by Gasteiger charge is -2.20. The first-order valence-corrected chi connectivity index (χ1v) is 14.0. The number of nitriles is 1. The van der Waals surface area contributed by atoms with Gasteiger partial charge < -0.3 is 5.73 Å². The highest BCUT2D eigenvalue weighted by Gasteiger charge is 2.19. The molecule has 0 atom stereocenters. The number of hydrogen-bond acceptors (Lipinski definition) is 2. The van der Waals surface area contributed by atoms with Crippen LogP contribution in [0.25, 0.3) is 72.3 Å². The smallest absolute Gasteiger partial charge is 0.0663 e. The van der Waals surface area contributed by atoms with E-state index in [0.29, 0.717) is 6.42 Å². The Kier molecular flexibility index (Phi) is 7.24. The van der Waals surface area contributed by atoms with Crippen molar-refractivity contribution in [2.45, 2.75) is 6.42 Å². The predicted molar refractivity (Wildman–Crippen MR) is 182 cm³/mol. The molecule has 0 aromatic heterocycles. The van der Waals surface area contributed by atoms with Crippen LogP contribution in [0.15, 0.2) is 135 Å². The molecule has 0 aliphatic rings. The summed E-state index contributed by atoms with van der Waals surface area (Å²) >= 11 is 0. The maximum Gasteiger partial charge on any atom is 0.0663 e. The monoisotopic (exact) mass is 538 g/mol. The van der Waals surface area contributed by atoms with E-state index >= 15 is 0 Å². The first-order chi connectivity index (χ1) is 20.7. The molecule has 6 rings (SSSR count). The van der Waals surface area contributed by atoms with Crippen LogP contribution in [0.3, 0.4) is 0 Å². The molecular weight excluding hydrogens is 508 g/mol. The van der Waals surface area contributed by atoms with E-state index in [1.807, 2.05) is 24.3 Å². The normalized spacial score (nSPS) is 11.7. The summed E-state index contributed by atoms with van der Waals surface area (Å²) in [4.78, 5) is 0. The minimum atomic E-state index is 0.347. The molecule has 0 unspecified atom stereocenters. The van der Waals surface area contributed by atoms with Gasteiger partial charge in [0.25, 0.3) is 0 Å². The van der Waals surface area contributed by atoms with Gasteiger partial charge in [0.1, 0.15) is 0 Å². The van der Waals surface area contributed by atoms with Gasteiger partial charge in [-0.15, -0.1) is 0 Å². The van der Waals surface area contributed by atoms with Crippen LogP contribution in [0.5, 0.6) is 0 Å². The molecule has 2 N–H and O–H groups in total. The second-order valence-corrected chi connectivity index (χ2v) is 10.3. The van der Waals surface area contributed by atoms with E-state index in [1.165, 1.54) is 27.1 Å². The molecule has 0 aliphatic heterocycles. The average molecular weight is 539 g/mol. The van der Waals surface area contributed by atoms with Gasteiger partial charge in [-0.05, 0) is 95.0 Å². The number of allylic oxidation sites excluding steroid dienone is 3. The van der Waals surface area contributed by atoms with Crippen LogP contribution < -0.4 is 5.73 Å². The number of nitrogens with two attached hydrogens (primary N) is 1. The molecule has 0 amide bonds. The first-order valence-electron chi connectivity index (χ1n) is 14.0. The Balaban J connectivity index is 1.55. The minimum Gasteiger partial charge on any atom is -0.404 e.